The summed E-state index contributed by atoms with van der Waals surface area (Å²) in [5, 5.41) is 3.40. The number of para-hydroxylation sites is 1. The summed E-state index contributed by atoms with van der Waals surface area (Å²) in [4.78, 5) is 28.5. The van der Waals surface area contributed by atoms with Gasteiger partial charge < -0.3 is 10.1 Å². The molecule has 150 valence electrons. The SMILES string of the molecule is CNS(=O)(=O)c1cc(NC(=O)COC(=O)c2ccc3ccccc3n2)ccc1C. The Balaban J connectivity index is 1.65. The molecule has 0 fully saturated rings. The molecule has 0 aliphatic carbocycles. The van der Waals surface area contributed by atoms with Crippen molar-refractivity contribution < 1.29 is 22.7 Å². The molecule has 3 aromatic rings. The van der Waals surface area contributed by atoms with Crippen molar-refractivity contribution in [3.8, 4) is 0 Å². The van der Waals surface area contributed by atoms with Crippen molar-refractivity contribution in [1.82, 2.24) is 9.71 Å². The van der Waals surface area contributed by atoms with E-state index in [2.05, 4.69) is 15.0 Å². The zero-order valence-electron chi connectivity index (χ0n) is 15.8. The van der Waals surface area contributed by atoms with Gasteiger partial charge in [0.05, 0.1) is 10.4 Å². The first-order valence-corrected chi connectivity index (χ1v) is 10.2. The first-order chi connectivity index (χ1) is 13.8. The van der Waals surface area contributed by atoms with Crippen LogP contribution in [0.5, 0.6) is 0 Å². The molecular weight excluding hydrogens is 394 g/mol. The molecule has 0 saturated heterocycles. The van der Waals surface area contributed by atoms with Gasteiger partial charge in [-0.2, -0.15) is 0 Å². The first-order valence-electron chi connectivity index (χ1n) is 8.67. The fraction of sp³-hybridized carbons (Fsp3) is 0.150. The number of sulfonamides is 1. The number of nitrogens with one attached hydrogen (secondary N) is 2. The largest absolute Gasteiger partial charge is 0.451 e. The number of esters is 1. The van der Waals surface area contributed by atoms with Gasteiger partial charge in [-0.1, -0.05) is 30.3 Å². The van der Waals surface area contributed by atoms with Crippen molar-refractivity contribution in [3.05, 3.63) is 65.9 Å². The number of hydrogen-bond donors (Lipinski definition) is 2. The van der Waals surface area contributed by atoms with E-state index in [-0.39, 0.29) is 16.3 Å². The lowest BCUT2D eigenvalue weighted by molar-refractivity contribution is -0.119. The summed E-state index contributed by atoms with van der Waals surface area (Å²) in [7, 11) is -2.36. The van der Waals surface area contributed by atoms with E-state index >= 15 is 0 Å². The van der Waals surface area contributed by atoms with E-state index in [9.17, 15) is 18.0 Å². The van der Waals surface area contributed by atoms with E-state index in [1.807, 2.05) is 18.2 Å². The number of amides is 1. The molecule has 1 aromatic heterocycles. The Labute approximate surface area is 168 Å². The topological polar surface area (TPSA) is 114 Å². The Bertz CT molecular complexity index is 1190. The van der Waals surface area contributed by atoms with Gasteiger partial charge in [-0.3, -0.25) is 4.79 Å². The smallest absolute Gasteiger partial charge is 0.357 e. The van der Waals surface area contributed by atoms with Gasteiger partial charge in [-0.15, -0.1) is 0 Å². The minimum atomic E-state index is -3.66. The Kier molecular flexibility index (Phi) is 5.90. The van der Waals surface area contributed by atoms with Crippen molar-refractivity contribution in [2.45, 2.75) is 11.8 Å². The molecule has 0 unspecified atom stereocenters. The Morgan fingerprint density at radius 2 is 1.83 bits per heavy atom. The molecule has 9 heteroatoms. The van der Waals surface area contributed by atoms with E-state index in [0.717, 1.165) is 5.39 Å². The van der Waals surface area contributed by atoms with Crippen molar-refractivity contribution in [2.75, 3.05) is 19.0 Å². The predicted octanol–water partition coefficient (Wildman–Crippen LogP) is 2.25. The van der Waals surface area contributed by atoms with Crippen LogP contribution in [0.2, 0.25) is 0 Å². The van der Waals surface area contributed by atoms with Crippen LogP contribution in [0.25, 0.3) is 10.9 Å². The molecule has 2 N–H and O–H groups in total. The van der Waals surface area contributed by atoms with Gasteiger partial charge in [0, 0.05) is 11.1 Å². The van der Waals surface area contributed by atoms with Crippen LogP contribution in [0.15, 0.2) is 59.5 Å². The van der Waals surface area contributed by atoms with Gasteiger partial charge in [-0.25, -0.2) is 22.9 Å². The minimum Gasteiger partial charge on any atom is -0.451 e. The molecule has 0 atom stereocenters. The Morgan fingerprint density at radius 1 is 1.07 bits per heavy atom. The van der Waals surface area contributed by atoms with Crippen LogP contribution >= 0.6 is 0 Å². The average Bonchev–Trinajstić information content (AvgIpc) is 2.72. The van der Waals surface area contributed by atoms with Crippen LogP contribution < -0.4 is 10.0 Å². The molecule has 0 saturated carbocycles. The molecule has 0 spiro atoms. The number of anilines is 1. The van der Waals surface area contributed by atoms with Crippen LogP contribution in [-0.2, 0) is 19.6 Å². The second-order valence-electron chi connectivity index (χ2n) is 6.20. The van der Waals surface area contributed by atoms with Gasteiger partial charge >= 0.3 is 5.97 Å². The number of fused-ring (bicyclic) bond motifs is 1. The Hall–Kier alpha value is -3.30. The van der Waals surface area contributed by atoms with Crippen LogP contribution in [0.3, 0.4) is 0 Å². The van der Waals surface area contributed by atoms with E-state index < -0.39 is 28.5 Å². The zero-order chi connectivity index (χ0) is 21.0. The maximum absolute atomic E-state index is 12.2. The van der Waals surface area contributed by atoms with E-state index in [1.54, 1.807) is 31.2 Å². The molecule has 0 bridgehead atoms. The summed E-state index contributed by atoms with van der Waals surface area (Å²) in [6, 6.07) is 15.1. The number of nitrogens with zero attached hydrogens (tertiary/aromatic N) is 1. The molecule has 1 heterocycles. The second-order valence-corrected chi connectivity index (χ2v) is 8.06. The number of carbonyl (C=O) groups excluding carboxylic acids is 2. The van der Waals surface area contributed by atoms with Crippen LogP contribution in [-0.4, -0.2) is 38.9 Å². The van der Waals surface area contributed by atoms with Crippen LogP contribution in [0.1, 0.15) is 16.1 Å². The molecule has 0 aliphatic rings. The molecule has 8 nitrogen and oxygen atoms in total. The number of pyridine rings is 1. The van der Waals surface area contributed by atoms with Gasteiger partial charge in [0.25, 0.3) is 5.91 Å². The fourth-order valence-corrected chi connectivity index (χ4v) is 3.65. The number of hydrogen-bond acceptors (Lipinski definition) is 6. The zero-order valence-corrected chi connectivity index (χ0v) is 16.6. The fourth-order valence-electron chi connectivity index (χ4n) is 2.66. The predicted molar refractivity (Wildman–Crippen MR) is 108 cm³/mol. The van der Waals surface area contributed by atoms with E-state index in [4.69, 9.17) is 4.74 Å². The molecule has 0 radical (unpaired) electrons. The van der Waals surface area contributed by atoms with Gasteiger partial charge in [0.2, 0.25) is 10.0 Å². The summed E-state index contributed by atoms with van der Waals surface area (Å²) in [6.07, 6.45) is 0. The highest BCUT2D eigenvalue weighted by Crippen LogP contribution is 2.20. The monoisotopic (exact) mass is 413 g/mol. The normalized spacial score (nSPS) is 11.2. The standard InChI is InChI=1S/C20H19N3O5S/c1-13-7-9-15(11-18(13)29(26,27)21-2)22-19(24)12-28-20(25)17-10-8-14-5-3-4-6-16(14)23-17/h3-11,21H,12H2,1-2H3,(H,22,24). The molecule has 0 aliphatic heterocycles. The lowest BCUT2D eigenvalue weighted by Crippen LogP contribution is -2.22. The third kappa shape index (κ3) is 4.76. The summed E-state index contributed by atoms with van der Waals surface area (Å²) in [5.41, 5.74) is 1.54. The van der Waals surface area contributed by atoms with Gasteiger partial charge in [0.1, 0.15) is 5.69 Å². The molecular formula is C20H19N3O5S. The van der Waals surface area contributed by atoms with Crippen molar-refractivity contribution in [1.29, 1.82) is 0 Å². The van der Waals surface area contributed by atoms with Gasteiger partial charge in [-0.05, 0) is 43.8 Å². The average molecular weight is 413 g/mol. The number of aryl methyl sites for hydroxylation is 1. The van der Waals surface area contributed by atoms with Gasteiger partial charge in [0.15, 0.2) is 6.61 Å². The lowest BCUT2D eigenvalue weighted by Gasteiger charge is -2.10. The minimum absolute atomic E-state index is 0.0511. The Morgan fingerprint density at radius 3 is 2.59 bits per heavy atom. The number of carbonyl (C=O) groups is 2. The number of ether oxygens (including phenoxy) is 1. The highest BCUT2D eigenvalue weighted by Gasteiger charge is 2.17. The van der Waals surface area contributed by atoms with E-state index in [1.165, 1.54) is 19.2 Å². The second kappa shape index (κ2) is 8.38. The van der Waals surface area contributed by atoms with E-state index in [0.29, 0.717) is 11.1 Å². The summed E-state index contributed by atoms with van der Waals surface area (Å²) in [5.74, 6) is -1.33. The van der Waals surface area contributed by atoms with Crippen molar-refractivity contribution >= 4 is 38.5 Å². The number of benzene rings is 2. The quantitative estimate of drug-likeness (QED) is 0.599. The maximum atomic E-state index is 12.2. The first kappa shape index (κ1) is 20.4. The number of aromatic nitrogens is 1. The highest BCUT2D eigenvalue weighted by atomic mass is 32.2. The highest BCUT2D eigenvalue weighted by molar-refractivity contribution is 7.89. The molecule has 2 aromatic carbocycles. The summed E-state index contributed by atoms with van der Waals surface area (Å²) < 4.78 is 31.3. The molecule has 3 rings (SSSR count). The molecule has 29 heavy (non-hydrogen) atoms. The van der Waals surface area contributed by atoms with Crippen LogP contribution in [0.4, 0.5) is 5.69 Å². The summed E-state index contributed by atoms with van der Waals surface area (Å²) in [6.45, 7) is 1.11. The third-order valence-electron chi connectivity index (χ3n) is 4.17. The van der Waals surface area contributed by atoms with Crippen molar-refractivity contribution in [2.24, 2.45) is 0 Å². The third-order valence-corrected chi connectivity index (χ3v) is 5.73. The number of rotatable bonds is 6. The molecule has 1 amide bonds. The van der Waals surface area contributed by atoms with Crippen LogP contribution in [0, 0.1) is 6.92 Å². The summed E-state index contributed by atoms with van der Waals surface area (Å²) >= 11 is 0. The maximum Gasteiger partial charge on any atom is 0.357 e. The lowest BCUT2D eigenvalue weighted by atomic mass is 10.2. The van der Waals surface area contributed by atoms with Crippen molar-refractivity contribution in [3.63, 3.8) is 0 Å².